The van der Waals surface area contributed by atoms with Gasteiger partial charge in [-0.2, -0.15) is 0 Å². The van der Waals surface area contributed by atoms with E-state index in [0.29, 0.717) is 37.5 Å². The van der Waals surface area contributed by atoms with Crippen molar-refractivity contribution < 1.29 is 34.0 Å². The van der Waals surface area contributed by atoms with E-state index in [1.165, 1.54) is 12.5 Å². The summed E-state index contributed by atoms with van der Waals surface area (Å²) in [5, 5.41) is 32.7. The van der Waals surface area contributed by atoms with Gasteiger partial charge in [0.25, 0.3) is 0 Å². The number of esters is 1. The Labute approximate surface area is 370 Å². The number of dihydropyridines is 1. The van der Waals surface area contributed by atoms with Gasteiger partial charge in [-0.3, -0.25) is 4.79 Å². The van der Waals surface area contributed by atoms with Gasteiger partial charge in [0.1, 0.15) is 36.6 Å². The summed E-state index contributed by atoms with van der Waals surface area (Å²) in [4.78, 5) is 12.5. The summed E-state index contributed by atoms with van der Waals surface area (Å²) >= 11 is 0. The molecule has 0 amide bonds. The zero-order valence-electron chi connectivity index (χ0n) is 36.6. The molecular weight excluding hydrogens is 793 g/mol. The average Bonchev–Trinajstić information content (AvgIpc) is 3.85. The van der Waals surface area contributed by atoms with Crippen LogP contribution in [0.3, 0.4) is 0 Å². The molecule has 4 bridgehead atoms. The van der Waals surface area contributed by atoms with Crippen LogP contribution in [0.5, 0.6) is 28.7 Å². The van der Waals surface area contributed by atoms with E-state index >= 15 is 0 Å². The number of hydrogen-bond donors (Lipinski definition) is 6. The van der Waals surface area contributed by atoms with Crippen LogP contribution >= 0.6 is 0 Å². The highest BCUT2D eigenvalue weighted by atomic mass is 16.5. The number of benzene rings is 4. The average molecular weight is 851 g/mol. The quantitative estimate of drug-likeness (QED) is 0.0472. The van der Waals surface area contributed by atoms with Crippen molar-refractivity contribution in [2.45, 2.75) is 82.4 Å². The fraction of sp³-hybridized carbons (Fsp3) is 0.404. The summed E-state index contributed by atoms with van der Waals surface area (Å²) in [6, 6.07) is 20.1. The highest BCUT2D eigenvalue weighted by Crippen LogP contribution is 2.63. The molecule has 9 rings (SSSR count). The van der Waals surface area contributed by atoms with Gasteiger partial charge in [-0.25, -0.2) is 0 Å². The smallest absolute Gasteiger partial charge is 0.302 e. The van der Waals surface area contributed by atoms with Crippen molar-refractivity contribution in [2.75, 3.05) is 45.8 Å². The van der Waals surface area contributed by atoms with E-state index in [9.17, 15) is 15.0 Å². The van der Waals surface area contributed by atoms with Crippen LogP contribution in [0.1, 0.15) is 84.9 Å². The summed E-state index contributed by atoms with van der Waals surface area (Å²) < 4.78 is 25.4. The Morgan fingerprint density at radius 2 is 1.92 bits per heavy atom. The second-order valence-electron chi connectivity index (χ2n) is 17.6. The fourth-order valence-corrected chi connectivity index (χ4v) is 11.1. The number of nitrogens with two attached hydrogens (primary N) is 1. The van der Waals surface area contributed by atoms with Crippen molar-refractivity contribution in [1.82, 2.24) is 10.6 Å². The van der Waals surface area contributed by atoms with Crippen LogP contribution in [-0.4, -0.2) is 62.8 Å². The highest BCUT2D eigenvalue weighted by Gasteiger charge is 2.52. The van der Waals surface area contributed by atoms with Crippen molar-refractivity contribution in [3.63, 3.8) is 0 Å². The fourth-order valence-electron chi connectivity index (χ4n) is 11.1. The molecule has 0 radical (unpaired) electrons. The Balaban J connectivity index is 1.27. The minimum absolute atomic E-state index is 0.00997. The molecule has 3 aliphatic heterocycles. The molecule has 63 heavy (non-hydrogen) atoms. The third-order valence-corrected chi connectivity index (χ3v) is 13.8. The van der Waals surface area contributed by atoms with E-state index in [1.54, 1.807) is 19.2 Å². The lowest BCUT2D eigenvalue weighted by Gasteiger charge is -2.40. The van der Waals surface area contributed by atoms with E-state index < -0.39 is 12.3 Å². The minimum Gasteiger partial charge on any atom is -0.508 e. The lowest BCUT2D eigenvalue weighted by atomic mass is 9.64. The number of allylic oxidation sites excluding steroid dienone is 3. The van der Waals surface area contributed by atoms with Crippen molar-refractivity contribution >= 4 is 11.7 Å². The summed E-state index contributed by atoms with van der Waals surface area (Å²) in [5.41, 5.74) is 17.3. The van der Waals surface area contributed by atoms with Crippen LogP contribution in [0.2, 0.25) is 0 Å². The van der Waals surface area contributed by atoms with E-state index in [1.807, 2.05) is 25.3 Å². The number of aromatic hydroxyl groups is 2. The number of methoxy groups -OCH3 is 1. The number of hydrogen-bond acceptors (Lipinski definition) is 11. The SMILES string of the molecule is CCNc1ccccc1CCC1C2=C(C#CCc3cc(O)c(OCCNC)cc3C3Oc4c(ccc5c4C4(CCC1C4)Cc1cc(O)cc(OC)c1-5)C3COC(C)=O)NC(N)C=C2. The summed E-state index contributed by atoms with van der Waals surface area (Å²) in [6.07, 6.45) is 8.72. The first kappa shape index (κ1) is 42.2. The maximum atomic E-state index is 12.5. The zero-order chi connectivity index (χ0) is 43.8. The molecule has 0 aromatic heterocycles. The van der Waals surface area contributed by atoms with Crippen LogP contribution in [0.25, 0.3) is 11.1 Å². The number of fused-ring (bicyclic) bond motifs is 6. The molecule has 2 aliphatic carbocycles. The van der Waals surface area contributed by atoms with Gasteiger partial charge in [-0.05, 0) is 128 Å². The number of para-hydroxylation sites is 1. The maximum Gasteiger partial charge on any atom is 0.302 e. The Kier molecular flexibility index (Phi) is 11.8. The molecule has 6 unspecified atom stereocenters. The van der Waals surface area contributed by atoms with Gasteiger partial charge in [0, 0.05) is 65.9 Å². The van der Waals surface area contributed by atoms with Crippen molar-refractivity contribution in [3.8, 4) is 51.7 Å². The van der Waals surface area contributed by atoms with E-state index in [-0.39, 0.29) is 47.2 Å². The topological polar surface area (TPSA) is 157 Å². The first-order valence-corrected chi connectivity index (χ1v) is 22.4. The molecule has 1 fully saturated rings. The number of ether oxygens (including phenoxy) is 4. The van der Waals surface area contributed by atoms with Crippen LogP contribution < -0.4 is 35.9 Å². The first-order chi connectivity index (χ1) is 30.6. The Morgan fingerprint density at radius 3 is 2.73 bits per heavy atom. The Hall–Kier alpha value is -6.09. The third kappa shape index (κ3) is 7.96. The molecule has 0 saturated heterocycles. The number of phenols is 2. The van der Waals surface area contributed by atoms with Crippen LogP contribution in [0.15, 0.2) is 84.1 Å². The second kappa shape index (κ2) is 17.6. The van der Waals surface area contributed by atoms with Gasteiger partial charge in [0.15, 0.2) is 11.5 Å². The molecule has 11 nitrogen and oxygen atoms in total. The molecule has 4 aromatic rings. The number of rotatable bonds is 12. The lowest BCUT2D eigenvalue weighted by Crippen LogP contribution is -2.38. The Morgan fingerprint density at radius 1 is 1.06 bits per heavy atom. The maximum absolute atomic E-state index is 12.5. The first-order valence-electron chi connectivity index (χ1n) is 22.4. The van der Waals surface area contributed by atoms with Crippen molar-refractivity contribution in [1.29, 1.82) is 0 Å². The second-order valence-corrected chi connectivity index (χ2v) is 17.6. The standard InChI is InChI=1S/C52H58N4O7/c1-5-55-42-11-7-6-9-31(42)13-14-36-33-19-20-52(27-33)28-34-23-35(58)25-46(60-4)48(34)39-16-15-38-41(29-62-30(2)57)50(63-51(38)49(39)52)40-26-45(61-22-21-54-3)44(59)24-32(40)10-8-12-43-37(36)17-18-47(53)56-43/h6-7,9,11,15-18,23-26,33,36,41,47,50,54-56,58-59H,5,10,13-14,19-22,27-29,53H2,1-4H3. The van der Waals surface area contributed by atoms with Crippen molar-refractivity contribution in [3.05, 3.63) is 117 Å². The molecule has 3 heterocycles. The van der Waals surface area contributed by atoms with Crippen LogP contribution in [0.4, 0.5) is 5.69 Å². The van der Waals surface area contributed by atoms with E-state index in [2.05, 4.69) is 77.2 Å². The number of aryl methyl sites for hydroxylation is 1. The molecular formula is C52H58N4O7. The minimum atomic E-state index is -0.596. The third-order valence-electron chi connectivity index (χ3n) is 13.8. The number of carbonyl (C=O) groups excluding carboxylic acids is 1. The lowest BCUT2D eigenvalue weighted by molar-refractivity contribution is -0.141. The monoisotopic (exact) mass is 850 g/mol. The molecule has 6 atom stereocenters. The molecule has 4 aromatic carbocycles. The number of likely N-dealkylation sites (N-methyl/N-ethyl adjacent to an activating group) is 1. The number of anilines is 1. The number of nitrogens with one attached hydrogen (secondary N) is 3. The van der Waals surface area contributed by atoms with Gasteiger partial charge >= 0.3 is 5.97 Å². The Bertz CT molecular complexity index is 2560. The predicted octanol–water partition coefficient (Wildman–Crippen LogP) is 7.68. The summed E-state index contributed by atoms with van der Waals surface area (Å²) in [5.74, 6) is 8.59. The molecule has 1 spiro atoms. The molecule has 5 aliphatic rings. The van der Waals surface area contributed by atoms with Crippen LogP contribution in [0, 0.1) is 23.7 Å². The van der Waals surface area contributed by atoms with E-state index in [0.717, 1.165) is 100 Å². The number of carbonyl (C=O) groups is 1. The summed E-state index contributed by atoms with van der Waals surface area (Å²) in [7, 11) is 3.50. The molecule has 1 saturated carbocycles. The number of phenolic OH excluding ortho intramolecular Hbond substituents is 2. The summed E-state index contributed by atoms with van der Waals surface area (Å²) in [6.45, 7) is 5.42. The largest absolute Gasteiger partial charge is 0.508 e. The van der Waals surface area contributed by atoms with Gasteiger partial charge in [0.2, 0.25) is 0 Å². The zero-order valence-corrected chi connectivity index (χ0v) is 36.6. The van der Waals surface area contributed by atoms with Gasteiger partial charge in [-0.15, -0.1) is 0 Å². The molecule has 7 N–H and O–H groups in total. The van der Waals surface area contributed by atoms with Crippen LogP contribution in [-0.2, 0) is 34.2 Å². The molecule has 328 valence electrons. The normalized spacial score (nSPS) is 23.7. The van der Waals surface area contributed by atoms with Gasteiger partial charge in [0.05, 0.1) is 24.9 Å². The van der Waals surface area contributed by atoms with Crippen molar-refractivity contribution in [2.24, 2.45) is 17.6 Å². The molecule has 11 heteroatoms. The van der Waals surface area contributed by atoms with E-state index in [4.69, 9.17) is 24.7 Å². The highest BCUT2D eigenvalue weighted by molar-refractivity contribution is 5.84. The van der Waals surface area contributed by atoms with Gasteiger partial charge in [-0.1, -0.05) is 42.3 Å². The van der Waals surface area contributed by atoms with Gasteiger partial charge < -0.3 is 50.8 Å². The predicted molar refractivity (Wildman–Crippen MR) is 244 cm³/mol.